The van der Waals surface area contributed by atoms with Gasteiger partial charge < -0.3 is 19.9 Å². The Hall–Kier alpha value is -0.880. The van der Waals surface area contributed by atoms with E-state index >= 15 is 0 Å². The number of nitrogens with zero attached hydrogens (tertiary/aromatic N) is 1. The first-order valence-corrected chi connectivity index (χ1v) is 5.69. The average molecular weight is 261 g/mol. The van der Waals surface area contributed by atoms with Gasteiger partial charge in [0.1, 0.15) is 11.6 Å². The Morgan fingerprint density at radius 1 is 1.29 bits per heavy atom. The van der Waals surface area contributed by atoms with Crippen LogP contribution in [0, 0.1) is 0 Å². The Bertz CT molecular complexity index is 336. The summed E-state index contributed by atoms with van der Waals surface area (Å²) in [5.41, 5.74) is 6.34. The van der Waals surface area contributed by atoms with Crippen LogP contribution in [0.3, 0.4) is 0 Å². The number of methoxy groups -OCH3 is 1. The molecule has 0 aliphatic rings. The SMILES string of the molecule is COCCOCCOc1ncc(CN)cc1Cl. The molecule has 1 rings (SSSR count). The molecule has 0 aromatic carbocycles. The van der Waals surface area contributed by atoms with Gasteiger partial charge in [0.05, 0.1) is 19.8 Å². The van der Waals surface area contributed by atoms with Gasteiger partial charge in [-0.1, -0.05) is 11.6 Å². The number of pyridine rings is 1. The monoisotopic (exact) mass is 260 g/mol. The van der Waals surface area contributed by atoms with E-state index < -0.39 is 0 Å². The van der Waals surface area contributed by atoms with Crippen molar-refractivity contribution in [3.8, 4) is 5.88 Å². The van der Waals surface area contributed by atoms with Crippen molar-refractivity contribution >= 4 is 11.6 Å². The van der Waals surface area contributed by atoms with Gasteiger partial charge in [0, 0.05) is 19.9 Å². The van der Waals surface area contributed by atoms with Crippen molar-refractivity contribution in [2.75, 3.05) is 33.5 Å². The van der Waals surface area contributed by atoms with Crippen LogP contribution in [0.1, 0.15) is 5.56 Å². The van der Waals surface area contributed by atoms with Crippen molar-refractivity contribution in [1.29, 1.82) is 0 Å². The van der Waals surface area contributed by atoms with Gasteiger partial charge in [0.15, 0.2) is 0 Å². The molecule has 0 atom stereocenters. The predicted octanol–water partition coefficient (Wildman–Crippen LogP) is 1.24. The Morgan fingerprint density at radius 2 is 2.06 bits per heavy atom. The van der Waals surface area contributed by atoms with Gasteiger partial charge in [-0.3, -0.25) is 0 Å². The topological polar surface area (TPSA) is 66.6 Å². The molecule has 0 radical (unpaired) electrons. The quantitative estimate of drug-likeness (QED) is 0.713. The van der Waals surface area contributed by atoms with Crippen LogP contribution in [0.25, 0.3) is 0 Å². The lowest BCUT2D eigenvalue weighted by Gasteiger charge is -2.08. The van der Waals surface area contributed by atoms with Crippen molar-refractivity contribution < 1.29 is 14.2 Å². The molecule has 0 spiro atoms. The number of aromatic nitrogens is 1. The van der Waals surface area contributed by atoms with E-state index in [-0.39, 0.29) is 0 Å². The van der Waals surface area contributed by atoms with Gasteiger partial charge in [0.2, 0.25) is 5.88 Å². The smallest absolute Gasteiger partial charge is 0.232 e. The molecule has 96 valence electrons. The first-order chi connectivity index (χ1) is 8.27. The highest BCUT2D eigenvalue weighted by atomic mass is 35.5. The van der Waals surface area contributed by atoms with E-state index in [1.165, 1.54) is 0 Å². The number of nitrogens with two attached hydrogens (primary N) is 1. The third-order valence-corrected chi connectivity index (χ3v) is 2.27. The van der Waals surface area contributed by atoms with E-state index in [1.807, 2.05) is 0 Å². The fraction of sp³-hybridized carbons (Fsp3) is 0.545. The van der Waals surface area contributed by atoms with Crippen LogP contribution < -0.4 is 10.5 Å². The van der Waals surface area contributed by atoms with E-state index in [4.69, 9.17) is 31.5 Å². The van der Waals surface area contributed by atoms with E-state index in [2.05, 4.69) is 4.98 Å². The summed E-state index contributed by atoms with van der Waals surface area (Å²) >= 11 is 5.97. The van der Waals surface area contributed by atoms with Crippen molar-refractivity contribution in [2.45, 2.75) is 6.54 Å². The van der Waals surface area contributed by atoms with Gasteiger partial charge in [-0.15, -0.1) is 0 Å². The highest BCUT2D eigenvalue weighted by molar-refractivity contribution is 6.31. The van der Waals surface area contributed by atoms with Crippen molar-refractivity contribution in [3.63, 3.8) is 0 Å². The molecular weight excluding hydrogens is 244 g/mol. The second kappa shape index (κ2) is 8.25. The molecule has 1 heterocycles. The lowest BCUT2D eigenvalue weighted by molar-refractivity contribution is 0.0537. The number of rotatable bonds is 8. The molecule has 0 bridgehead atoms. The second-order valence-electron chi connectivity index (χ2n) is 3.29. The third-order valence-electron chi connectivity index (χ3n) is 2.00. The highest BCUT2D eigenvalue weighted by Gasteiger charge is 2.04. The van der Waals surface area contributed by atoms with E-state index in [0.717, 1.165) is 5.56 Å². The average Bonchev–Trinajstić information content (AvgIpc) is 2.35. The summed E-state index contributed by atoms with van der Waals surface area (Å²) < 4.78 is 15.4. The minimum absolute atomic E-state index is 0.401. The summed E-state index contributed by atoms with van der Waals surface area (Å²) in [7, 11) is 1.63. The van der Waals surface area contributed by atoms with Crippen LogP contribution >= 0.6 is 11.6 Å². The second-order valence-corrected chi connectivity index (χ2v) is 3.70. The number of hydrogen-bond acceptors (Lipinski definition) is 5. The first kappa shape index (κ1) is 14.2. The summed E-state index contributed by atoms with van der Waals surface area (Å²) in [6.45, 7) is 2.41. The van der Waals surface area contributed by atoms with Crippen molar-refractivity contribution in [1.82, 2.24) is 4.98 Å². The normalized spacial score (nSPS) is 10.5. The molecule has 0 unspecified atom stereocenters. The molecule has 17 heavy (non-hydrogen) atoms. The van der Waals surface area contributed by atoms with Gasteiger partial charge in [-0.05, 0) is 11.6 Å². The minimum Gasteiger partial charge on any atom is -0.474 e. The number of ether oxygens (including phenoxy) is 3. The molecule has 2 N–H and O–H groups in total. The van der Waals surface area contributed by atoms with Gasteiger partial charge >= 0.3 is 0 Å². The summed E-state index contributed by atoms with van der Waals surface area (Å²) in [6, 6.07) is 1.75. The zero-order valence-electron chi connectivity index (χ0n) is 9.82. The highest BCUT2D eigenvalue weighted by Crippen LogP contribution is 2.21. The van der Waals surface area contributed by atoms with Crippen LogP contribution in [0.5, 0.6) is 5.88 Å². The predicted molar refractivity (Wildman–Crippen MR) is 65.3 cm³/mol. The van der Waals surface area contributed by atoms with Gasteiger partial charge in [-0.2, -0.15) is 0 Å². The van der Waals surface area contributed by atoms with E-state index in [0.29, 0.717) is 43.9 Å². The molecule has 0 saturated heterocycles. The van der Waals surface area contributed by atoms with Crippen LogP contribution in [-0.2, 0) is 16.0 Å². The maximum absolute atomic E-state index is 5.97. The fourth-order valence-electron chi connectivity index (χ4n) is 1.12. The van der Waals surface area contributed by atoms with E-state index in [9.17, 15) is 0 Å². The van der Waals surface area contributed by atoms with Crippen LogP contribution in [0.4, 0.5) is 0 Å². The molecule has 1 aromatic heterocycles. The van der Waals surface area contributed by atoms with Gasteiger partial charge in [0.25, 0.3) is 0 Å². The molecular formula is C11H17ClN2O3. The fourth-order valence-corrected chi connectivity index (χ4v) is 1.37. The molecule has 0 amide bonds. The van der Waals surface area contributed by atoms with Crippen LogP contribution in [-0.4, -0.2) is 38.5 Å². The molecule has 0 saturated carbocycles. The Kier molecular flexibility index (Phi) is 6.88. The lowest BCUT2D eigenvalue weighted by atomic mass is 10.3. The maximum atomic E-state index is 5.97. The minimum atomic E-state index is 0.401. The lowest BCUT2D eigenvalue weighted by Crippen LogP contribution is -2.11. The third kappa shape index (κ3) is 5.32. The zero-order valence-corrected chi connectivity index (χ0v) is 10.6. The Balaban J connectivity index is 2.27. The summed E-state index contributed by atoms with van der Waals surface area (Å²) in [5, 5.41) is 0.463. The molecule has 0 fully saturated rings. The summed E-state index contributed by atoms with van der Waals surface area (Å²) in [6.07, 6.45) is 1.65. The first-order valence-electron chi connectivity index (χ1n) is 5.32. The molecule has 0 aliphatic carbocycles. The van der Waals surface area contributed by atoms with Gasteiger partial charge in [-0.25, -0.2) is 4.98 Å². The standard InChI is InChI=1S/C11H17ClN2O3/c1-15-2-3-16-4-5-17-11-10(12)6-9(7-13)8-14-11/h6,8H,2-5,7,13H2,1H3. The Labute approximate surface area is 106 Å². The largest absolute Gasteiger partial charge is 0.474 e. The summed E-state index contributed by atoms with van der Waals surface area (Å²) in [4.78, 5) is 4.07. The maximum Gasteiger partial charge on any atom is 0.232 e. The Morgan fingerprint density at radius 3 is 2.71 bits per heavy atom. The van der Waals surface area contributed by atoms with Crippen molar-refractivity contribution in [2.24, 2.45) is 5.73 Å². The van der Waals surface area contributed by atoms with Crippen LogP contribution in [0.15, 0.2) is 12.3 Å². The summed E-state index contributed by atoms with van der Waals surface area (Å²) in [5.74, 6) is 0.402. The van der Waals surface area contributed by atoms with E-state index in [1.54, 1.807) is 19.4 Å². The number of halogens is 1. The molecule has 6 heteroatoms. The molecule has 1 aromatic rings. The van der Waals surface area contributed by atoms with Crippen molar-refractivity contribution in [3.05, 3.63) is 22.8 Å². The number of hydrogen-bond donors (Lipinski definition) is 1. The zero-order chi connectivity index (χ0) is 12.5. The molecule has 0 aliphatic heterocycles. The molecule has 5 nitrogen and oxygen atoms in total. The van der Waals surface area contributed by atoms with Crippen LogP contribution in [0.2, 0.25) is 5.02 Å².